The van der Waals surface area contributed by atoms with Gasteiger partial charge in [-0.1, -0.05) is 99.6 Å². The van der Waals surface area contributed by atoms with E-state index < -0.39 is 0 Å². The molecular formula is C35H60O2. The maximum absolute atomic E-state index is 12.4. The molecule has 0 aliphatic heterocycles. The molecule has 212 valence electrons. The molecule has 4 rings (SSSR count). The van der Waals surface area contributed by atoms with Gasteiger partial charge in [0.25, 0.3) is 0 Å². The number of esters is 1. The fourth-order valence-electron chi connectivity index (χ4n) is 10.6. The van der Waals surface area contributed by atoms with E-state index in [4.69, 9.17) is 4.74 Å². The third kappa shape index (κ3) is 4.38. The van der Waals surface area contributed by atoms with E-state index in [0.717, 1.165) is 43.4 Å². The first-order valence-electron chi connectivity index (χ1n) is 16.2. The summed E-state index contributed by atoms with van der Waals surface area (Å²) < 4.78 is 5.99. The summed E-state index contributed by atoms with van der Waals surface area (Å²) in [6.45, 7) is 22.9. The minimum absolute atomic E-state index is 0.0170. The van der Waals surface area contributed by atoms with E-state index >= 15 is 0 Å². The van der Waals surface area contributed by atoms with Crippen LogP contribution in [-0.4, -0.2) is 12.1 Å². The van der Waals surface area contributed by atoms with E-state index in [-0.39, 0.29) is 17.5 Å². The molecule has 0 saturated heterocycles. The summed E-state index contributed by atoms with van der Waals surface area (Å²) in [5.74, 6) is 2.54. The Bertz CT molecular complexity index is 872. The fourth-order valence-corrected chi connectivity index (χ4v) is 10.6. The number of fused-ring (bicyclic) bond motifs is 5. The normalized spacial score (nSPS) is 44.0. The summed E-state index contributed by atoms with van der Waals surface area (Å²) in [6.07, 6.45) is 19.4. The lowest BCUT2D eigenvalue weighted by atomic mass is 9.31. The molecule has 0 N–H and O–H groups in total. The number of ether oxygens (including phenoxy) is 1. The van der Waals surface area contributed by atoms with E-state index in [9.17, 15) is 4.79 Å². The second-order valence-corrected chi connectivity index (χ2v) is 15.6. The maximum Gasteiger partial charge on any atom is 0.306 e. The molecule has 0 aromatic carbocycles. The largest absolute Gasteiger partial charge is 0.462 e. The van der Waals surface area contributed by atoms with Crippen molar-refractivity contribution in [2.75, 3.05) is 0 Å². The highest BCUT2D eigenvalue weighted by Crippen LogP contribution is 2.81. The predicted octanol–water partition coefficient (Wildman–Crippen LogP) is 10.3. The molecule has 4 aliphatic rings. The molecule has 0 aromatic rings. The molecule has 0 radical (unpaired) electrons. The summed E-state index contributed by atoms with van der Waals surface area (Å²) in [4.78, 5) is 12.4. The Morgan fingerprint density at radius 1 is 0.919 bits per heavy atom. The van der Waals surface area contributed by atoms with Crippen LogP contribution in [0.1, 0.15) is 152 Å². The Kier molecular flexibility index (Phi) is 8.14. The summed E-state index contributed by atoms with van der Waals surface area (Å²) in [5.41, 5.74) is 3.24. The quantitative estimate of drug-likeness (QED) is 0.227. The number of allylic oxidation sites excluding steroid dienone is 1. The standard InChI is InChI=1S/C35H60O2/c1-10-11-15-30(36)37-28-17-19-31(5)27(24-28)16-20-35(9)33(7)21-18-29(26(4)14-12-13-25(2)3)32(33,6)22-23-34(31,35)8/h16,25-26,28-29H,10-15,17-24H2,1-9H3/t26-,28?,29?,31+,32-,33-,34-,35+/m1/s1. The molecule has 0 spiro atoms. The fraction of sp³-hybridized carbons (Fsp3) is 0.914. The number of rotatable bonds is 9. The van der Waals surface area contributed by atoms with Crippen molar-refractivity contribution in [2.45, 2.75) is 158 Å². The van der Waals surface area contributed by atoms with Crippen molar-refractivity contribution in [3.05, 3.63) is 11.6 Å². The molecule has 3 saturated carbocycles. The molecule has 37 heavy (non-hydrogen) atoms. The zero-order valence-corrected chi connectivity index (χ0v) is 26.1. The van der Waals surface area contributed by atoms with Crippen LogP contribution in [0, 0.1) is 44.8 Å². The molecule has 0 bridgehead atoms. The monoisotopic (exact) mass is 512 g/mol. The maximum atomic E-state index is 12.4. The van der Waals surface area contributed by atoms with Gasteiger partial charge in [-0.05, 0) is 96.2 Å². The van der Waals surface area contributed by atoms with Gasteiger partial charge in [-0.3, -0.25) is 4.79 Å². The molecule has 2 nitrogen and oxygen atoms in total. The van der Waals surface area contributed by atoms with Crippen molar-refractivity contribution >= 4 is 5.97 Å². The van der Waals surface area contributed by atoms with Crippen molar-refractivity contribution in [2.24, 2.45) is 44.8 Å². The van der Waals surface area contributed by atoms with Crippen LogP contribution >= 0.6 is 0 Å². The third-order valence-corrected chi connectivity index (χ3v) is 13.9. The van der Waals surface area contributed by atoms with Crippen LogP contribution in [0.2, 0.25) is 0 Å². The van der Waals surface area contributed by atoms with Gasteiger partial charge in [-0.15, -0.1) is 0 Å². The molecule has 8 atom stereocenters. The molecule has 0 amide bonds. The predicted molar refractivity (Wildman–Crippen MR) is 156 cm³/mol. The van der Waals surface area contributed by atoms with Crippen molar-refractivity contribution in [3.63, 3.8) is 0 Å². The molecule has 2 unspecified atom stereocenters. The van der Waals surface area contributed by atoms with Gasteiger partial charge in [-0.2, -0.15) is 0 Å². The SMILES string of the molecule is CCCCC(=O)OC1CC[C@@]2(C)C(=CC[C@]3(C)[C@]2(C)CC[C@]2(C)C([C@H](C)CCCC(C)C)CC[C@@]32C)C1. The Labute approximate surface area is 230 Å². The molecule has 0 aromatic heterocycles. The average molecular weight is 513 g/mol. The lowest BCUT2D eigenvalue weighted by Crippen LogP contribution is -2.66. The van der Waals surface area contributed by atoms with Crippen molar-refractivity contribution in [1.29, 1.82) is 0 Å². The minimum Gasteiger partial charge on any atom is -0.462 e. The van der Waals surface area contributed by atoms with Crippen LogP contribution in [0.15, 0.2) is 11.6 Å². The molecule has 2 heteroatoms. The van der Waals surface area contributed by atoms with Gasteiger partial charge in [0.1, 0.15) is 6.10 Å². The Balaban J connectivity index is 1.57. The summed E-state index contributed by atoms with van der Waals surface area (Å²) in [7, 11) is 0. The van der Waals surface area contributed by atoms with Gasteiger partial charge < -0.3 is 4.74 Å². The molecular weight excluding hydrogens is 452 g/mol. The first kappa shape index (κ1) is 29.2. The number of carbonyl (C=O) groups excluding carboxylic acids is 1. The summed E-state index contributed by atoms with van der Waals surface area (Å²) in [6, 6.07) is 0. The minimum atomic E-state index is 0.0170. The number of carbonyl (C=O) groups is 1. The highest BCUT2D eigenvalue weighted by atomic mass is 16.5. The smallest absolute Gasteiger partial charge is 0.306 e. The van der Waals surface area contributed by atoms with Crippen molar-refractivity contribution < 1.29 is 9.53 Å². The van der Waals surface area contributed by atoms with Crippen molar-refractivity contribution in [3.8, 4) is 0 Å². The zero-order valence-electron chi connectivity index (χ0n) is 26.1. The van der Waals surface area contributed by atoms with Crippen molar-refractivity contribution in [1.82, 2.24) is 0 Å². The van der Waals surface area contributed by atoms with Gasteiger partial charge in [-0.25, -0.2) is 0 Å². The Morgan fingerprint density at radius 2 is 1.65 bits per heavy atom. The van der Waals surface area contributed by atoms with Gasteiger partial charge in [0.05, 0.1) is 0 Å². The highest BCUT2D eigenvalue weighted by Gasteiger charge is 2.73. The van der Waals surface area contributed by atoms with E-state index in [1.807, 2.05) is 0 Å². The van der Waals surface area contributed by atoms with Crippen LogP contribution in [-0.2, 0) is 9.53 Å². The lowest BCUT2D eigenvalue weighted by Gasteiger charge is -2.73. The number of hydrogen-bond donors (Lipinski definition) is 0. The summed E-state index contributed by atoms with van der Waals surface area (Å²) in [5, 5.41) is 0. The average Bonchev–Trinajstić information content (AvgIpc) is 3.12. The third-order valence-electron chi connectivity index (χ3n) is 13.9. The topological polar surface area (TPSA) is 26.3 Å². The second kappa shape index (κ2) is 10.3. The van der Waals surface area contributed by atoms with E-state index in [0.29, 0.717) is 28.1 Å². The van der Waals surface area contributed by atoms with E-state index in [2.05, 4.69) is 68.4 Å². The molecule has 4 aliphatic carbocycles. The van der Waals surface area contributed by atoms with E-state index in [1.54, 1.807) is 5.57 Å². The van der Waals surface area contributed by atoms with Crippen LogP contribution in [0.3, 0.4) is 0 Å². The molecule has 0 heterocycles. The number of unbranched alkanes of at least 4 members (excludes halogenated alkanes) is 1. The first-order chi connectivity index (χ1) is 17.3. The first-order valence-corrected chi connectivity index (χ1v) is 16.2. The van der Waals surface area contributed by atoms with Gasteiger partial charge in [0.15, 0.2) is 0 Å². The number of hydrogen-bond acceptors (Lipinski definition) is 2. The van der Waals surface area contributed by atoms with Gasteiger partial charge in [0.2, 0.25) is 0 Å². The van der Waals surface area contributed by atoms with Crippen LogP contribution < -0.4 is 0 Å². The second-order valence-electron chi connectivity index (χ2n) is 15.6. The Morgan fingerprint density at radius 3 is 2.32 bits per heavy atom. The van der Waals surface area contributed by atoms with Gasteiger partial charge in [0, 0.05) is 12.8 Å². The van der Waals surface area contributed by atoms with Gasteiger partial charge >= 0.3 is 5.97 Å². The van der Waals surface area contributed by atoms with Crippen LogP contribution in [0.4, 0.5) is 0 Å². The van der Waals surface area contributed by atoms with Crippen LogP contribution in [0.25, 0.3) is 0 Å². The summed E-state index contributed by atoms with van der Waals surface area (Å²) >= 11 is 0. The van der Waals surface area contributed by atoms with Crippen LogP contribution in [0.5, 0.6) is 0 Å². The van der Waals surface area contributed by atoms with E-state index in [1.165, 1.54) is 57.8 Å². The Hall–Kier alpha value is -0.790. The molecule has 3 fully saturated rings. The lowest BCUT2D eigenvalue weighted by molar-refractivity contribution is -0.223. The highest BCUT2D eigenvalue weighted by molar-refractivity contribution is 5.69. The zero-order chi connectivity index (χ0) is 27.3.